The third kappa shape index (κ3) is 3.95. The van der Waals surface area contributed by atoms with Crippen molar-refractivity contribution in [2.24, 2.45) is 5.10 Å². The van der Waals surface area contributed by atoms with E-state index in [4.69, 9.17) is 21.7 Å². The monoisotopic (exact) mass is 354 g/mol. The van der Waals surface area contributed by atoms with E-state index >= 15 is 0 Å². The first-order valence-corrected chi connectivity index (χ1v) is 8.08. The lowest BCUT2D eigenvalue weighted by atomic mass is 10.1. The number of hydrogen-bond donors (Lipinski definition) is 1. The first kappa shape index (κ1) is 16.9. The molecule has 2 aromatic carbocycles. The molecule has 0 amide bonds. The van der Waals surface area contributed by atoms with Crippen LogP contribution in [-0.4, -0.2) is 35.3 Å². The number of nitrogens with one attached hydrogen (secondary N) is 1. The Kier molecular flexibility index (Phi) is 5.25. The number of ether oxygens (including phenoxy) is 2. The van der Waals surface area contributed by atoms with Gasteiger partial charge in [-0.2, -0.15) is 14.9 Å². The van der Waals surface area contributed by atoms with Crippen LogP contribution in [0.2, 0.25) is 0 Å². The smallest absolute Gasteiger partial charge is 0.216 e. The summed E-state index contributed by atoms with van der Waals surface area (Å²) in [6, 6.07) is 15.5. The predicted octanol–water partition coefficient (Wildman–Crippen LogP) is 3.43. The molecule has 3 aromatic rings. The number of hydrogen-bond acceptors (Lipinski definition) is 5. The molecule has 1 N–H and O–H groups in total. The summed E-state index contributed by atoms with van der Waals surface area (Å²) >= 11 is 5.29. The number of aromatic amines is 1. The molecule has 0 saturated carbocycles. The zero-order valence-electron chi connectivity index (χ0n) is 14.0. The highest BCUT2D eigenvalue weighted by Crippen LogP contribution is 2.16. The van der Waals surface area contributed by atoms with Crippen molar-refractivity contribution < 1.29 is 9.47 Å². The molecule has 0 bridgehead atoms. The SMILES string of the molecule is COc1ccc(Cc2n[nH]c(=S)n2/N=C\c2ccccc2OC)cc1. The highest BCUT2D eigenvalue weighted by atomic mass is 32.1. The van der Waals surface area contributed by atoms with E-state index in [2.05, 4.69) is 15.3 Å². The van der Waals surface area contributed by atoms with Gasteiger partial charge in [0.2, 0.25) is 4.77 Å². The Morgan fingerprint density at radius 1 is 1.12 bits per heavy atom. The Bertz CT molecular complexity index is 929. The van der Waals surface area contributed by atoms with Crippen LogP contribution in [0.3, 0.4) is 0 Å². The van der Waals surface area contributed by atoms with E-state index in [-0.39, 0.29) is 0 Å². The topological polar surface area (TPSA) is 64.4 Å². The normalized spacial score (nSPS) is 11.0. The van der Waals surface area contributed by atoms with Crippen molar-refractivity contribution in [1.82, 2.24) is 14.9 Å². The van der Waals surface area contributed by atoms with Gasteiger partial charge in [0.1, 0.15) is 11.5 Å². The van der Waals surface area contributed by atoms with Crippen LogP contribution in [-0.2, 0) is 6.42 Å². The average molecular weight is 354 g/mol. The minimum absolute atomic E-state index is 0.439. The molecule has 0 spiro atoms. The lowest BCUT2D eigenvalue weighted by molar-refractivity contribution is 0.414. The van der Waals surface area contributed by atoms with Gasteiger partial charge in [-0.1, -0.05) is 24.3 Å². The van der Waals surface area contributed by atoms with E-state index in [1.54, 1.807) is 25.1 Å². The quantitative estimate of drug-likeness (QED) is 0.544. The number of nitrogens with zero attached hydrogens (tertiary/aromatic N) is 3. The molecule has 25 heavy (non-hydrogen) atoms. The zero-order chi connectivity index (χ0) is 17.6. The number of methoxy groups -OCH3 is 2. The van der Waals surface area contributed by atoms with Gasteiger partial charge in [0, 0.05) is 12.0 Å². The minimum Gasteiger partial charge on any atom is -0.497 e. The number of rotatable bonds is 6. The first-order valence-electron chi connectivity index (χ1n) is 7.68. The lowest BCUT2D eigenvalue weighted by Crippen LogP contribution is -2.01. The van der Waals surface area contributed by atoms with Gasteiger partial charge in [0.25, 0.3) is 0 Å². The summed E-state index contributed by atoms with van der Waals surface area (Å²) in [6.45, 7) is 0. The number of para-hydroxylation sites is 1. The fourth-order valence-electron chi connectivity index (χ4n) is 2.38. The Labute approximate surface area is 150 Å². The highest BCUT2D eigenvalue weighted by molar-refractivity contribution is 7.71. The highest BCUT2D eigenvalue weighted by Gasteiger charge is 2.07. The van der Waals surface area contributed by atoms with Gasteiger partial charge < -0.3 is 9.47 Å². The van der Waals surface area contributed by atoms with Crippen LogP contribution in [0.5, 0.6) is 11.5 Å². The lowest BCUT2D eigenvalue weighted by Gasteiger charge is -2.05. The Hall–Kier alpha value is -2.93. The van der Waals surface area contributed by atoms with Gasteiger partial charge >= 0.3 is 0 Å². The van der Waals surface area contributed by atoms with Crippen molar-refractivity contribution in [2.75, 3.05) is 14.2 Å². The molecule has 6 nitrogen and oxygen atoms in total. The van der Waals surface area contributed by atoms with E-state index < -0.39 is 0 Å². The molecule has 128 valence electrons. The maximum atomic E-state index is 5.33. The zero-order valence-corrected chi connectivity index (χ0v) is 14.8. The number of aromatic nitrogens is 3. The maximum Gasteiger partial charge on any atom is 0.216 e. The first-order chi connectivity index (χ1) is 12.2. The van der Waals surface area contributed by atoms with Crippen LogP contribution in [0.4, 0.5) is 0 Å². The second-order valence-electron chi connectivity index (χ2n) is 5.27. The standard InChI is InChI=1S/C18H18N4O2S/c1-23-15-9-7-13(8-10-15)11-17-20-21-18(25)22(17)19-12-14-5-3-4-6-16(14)24-2/h3-10,12H,11H2,1-2H3,(H,21,25)/b19-12-. The van der Waals surface area contributed by atoms with Gasteiger partial charge in [-0.3, -0.25) is 5.10 Å². The van der Waals surface area contributed by atoms with Crippen molar-refractivity contribution in [1.29, 1.82) is 0 Å². The predicted molar refractivity (Wildman–Crippen MR) is 99.2 cm³/mol. The molecule has 1 heterocycles. The molecule has 0 aliphatic rings. The second-order valence-corrected chi connectivity index (χ2v) is 5.65. The molecule has 0 aliphatic carbocycles. The van der Waals surface area contributed by atoms with E-state index in [0.29, 0.717) is 11.2 Å². The minimum atomic E-state index is 0.439. The molecular weight excluding hydrogens is 336 g/mol. The van der Waals surface area contributed by atoms with Crippen molar-refractivity contribution in [3.05, 3.63) is 70.3 Å². The van der Waals surface area contributed by atoms with Crippen LogP contribution >= 0.6 is 12.2 Å². The van der Waals surface area contributed by atoms with Crippen molar-refractivity contribution in [2.45, 2.75) is 6.42 Å². The summed E-state index contributed by atoms with van der Waals surface area (Å²) in [6.07, 6.45) is 2.31. The van der Waals surface area contributed by atoms with Crippen LogP contribution in [0.1, 0.15) is 17.0 Å². The number of H-pyrrole nitrogens is 1. The molecule has 0 aliphatic heterocycles. The molecule has 0 saturated heterocycles. The van der Waals surface area contributed by atoms with Crippen molar-refractivity contribution >= 4 is 18.4 Å². The van der Waals surface area contributed by atoms with Gasteiger partial charge in [0.15, 0.2) is 5.82 Å². The molecule has 7 heteroatoms. The molecule has 0 radical (unpaired) electrons. The van der Waals surface area contributed by atoms with Crippen LogP contribution in [0.15, 0.2) is 53.6 Å². The van der Waals surface area contributed by atoms with Gasteiger partial charge in [-0.15, -0.1) is 0 Å². The van der Waals surface area contributed by atoms with Crippen molar-refractivity contribution in [3.8, 4) is 11.5 Å². The summed E-state index contributed by atoms with van der Waals surface area (Å²) in [5, 5.41) is 11.5. The summed E-state index contributed by atoms with van der Waals surface area (Å²) < 4.78 is 12.6. The van der Waals surface area contributed by atoms with Crippen molar-refractivity contribution in [3.63, 3.8) is 0 Å². The largest absolute Gasteiger partial charge is 0.497 e. The van der Waals surface area contributed by atoms with Gasteiger partial charge in [0.05, 0.1) is 20.4 Å². The van der Waals surface area contributed by atoms with Gasteiger partial charge in [-0.05, 0) is 42.0 Å². The van der Waals surface area contributed by atoms with E-state index in [0.717, 1.165) is 28.5 Å². The Morgan fingerprint density at radius 2 is 1.88 bits per heavy atom. The van der Waals surface area contributed by atoms with Crippen LogP contribution in [0, 0.1) is 4.77 Å². The summed E-state index contributed by atoms with van der Waals surface area (Å²) in [5.41, 5.74) is 1.95. The fraction of sp³-hybridized carbons (Fsp3) is 0.167. The van der Waals surface area contributed by atoms with E-state index in [1.165, 1.54) is 0 Å². The molecule has 0 atom stereocenters. The van der Waals surface area contributed by atoms with Crippen LogP contribution in [0.25, 0.3) is 0 Å². The summed E-state index contributed by atoms with van der Waals surface area (Å²) in [4.78, 5) is 0. The maximum absolute atomic E-state index is 5.33. The van der Waals surface area contributed by atoms with Gasteiger partial charge in [-0.25, -0.2) is 0 Å². The molecule has 1 aromatic heterocycles. The average Bonchev–Trinajstić information content (AvgIpc) is 3.00. The molecule has 3 rings (SSSR count). The second kappa shape index (κ2) is 7.76. The van der Waals surface area contributed by atoms with E-state index in [1.807, 2.05) is 48.5 Å². The summed E-state index contributed by atoms with van der Waals surface area (Å²) in [5.74, 6) is 2.29. The fourth-order valence-corrected chi connectivity index (χ4v) is 2.57. The Morgan fingerprint density at radius 3 is 2.60 bits per heavy atom. The summed E-state index contributed by atoms with van der Waals surface area (Å²) in [7, 11) is 3.28. The number of benzene rings is 2. The third-order valence-corrected chi connectivity index (χ3v) is 3.95. The molecular formula is C18H18N4O2S. The molecule has 0 fully saturated rings. The molecule has 0 unspecified atom stereocenters. The Balaban J connectivity index is 1.86. The van der Waals surface area contributed by atoms with E-state index in [9.17, 15) is 0 Å². The third-order valence-electron chi connectivity index (χ3n) is 3.69. The van der Waals surface area contributed by atoms with Crippen LogP contribution < -0.4 is 9.47 Å².